The van der Waals surface area contributed by atoms with Crippen LogP contribution in [0.5, 0.6) is 0 Å². The topological polar surface area (TPSA) is 20.2 Å². The number of aliphatic hydroxyl groups excluding tert-OH is 1. The Labute approximate surface area is 71.1 Å². The molecule has 0 aliphatic heterocycles. The average Bonchev–Trinajstić information content (AvgIpc) is 1.38. The van der Waals surface area contributed by atoms with Crippen LogP contribution in [0.4, 0.5) is 0 Å². The summed E-state index contributed by atoms with van der Waals surface area (Å²) < 4.78 is -0.0640. The molecule has 0 aromatic rings. The molecule has 3 heteroatoms. The third kappa shape index (κ3) is 5.95. The van der Waals surface area contributed by atoms with E-state index in [2.05, 4.69) is 12.6 Å². The van der Waals surface area contributed by atoms with Crippen molar-refractivity contribution in [3.63, 3.8) is 0 Å². The summed E-state index contributed by atoms with van der Waals surface area (Å²) >= 11 is 4.36. The van der Waals surface area contributed by atoms with E-state index in [9.17, 15) is 0 Å². The first-order valence-corrected chi connectivity index (χ1v) is 4.00. The Hall–Kier alpha value is 1.95. The van der Waals surface area contributed by atoms with E-state index in [1.807, 2.05) is 0 Å². The van der Waals surface area contributed by atoms with Crippen molar-refractivity contribution in [2.75, 3.05) is 5.75 Å². The number of thiol groups is 1. The maximum absolute atomic E-state index is 8.37. The van der Waals surface area contributed by atoms with E-state index in [-0.39, 0.29) is 0.199 Å². The van der Waals surface area contributed by atoms with Crippen LogP contribution in [0.3, 0.4) is 0 Å². The summed E-state index contributed by atoms with van der Waals surface area (Å²) in [5.41, 5.74) is 0. The molecule has 1 nitrogen and oxygen atoms in total. The second kappa shape index (κ2) is 4.11. The van der Waals surface area contributed by atoms with Gasteiger partial charge in [-0.3, -0.25) is 0 Å². The maximum atomic E-state index is 8.37. The van der Waals surface area contributed by atoms with Crippen molar-refractivity contribution in [2.45, 2.75) is 0.199 Å². The van der Waals surface area contributed by atoms with E-state index in [1.54, 1.807) is 0 Å². The van der Waals surface area contributed by atoms with Crippen LogP contribution in [0.15, 0.2) is 0 Å². The Kier molecular flexibility index (Phi) is 5.72. The Morgan fingerprint density at radius 1 is 2.00 bits per heavy atom. The van der Waals surface area contributed by atoms with Crippen molar-refractivity contribution in [1.82, 2.24) is 0 Å². The Morgan fingerprint density at radius 3 is 2.20 bits per heavy atom. The monoisotopic (exact) mass is 116 g/mol. The van der Waals surface area contributed by atoms with E-state index < -0.39 is 0 Å². The van der Waals surface area contributed by atoms with Crippen molar-refractivity contribution < 1.29 is 5.11 Å². The quantitative estimate of drug-likeness (QED) is 0.346. The molecule has 0 aliphatic carbocycles. The third-order valence-electron chi connectivity index (χ3n) is 0.264. The zero-order chi connectivity index (χ0) is 4.28. The summed E-state index contributed by atoms with van der Waals surface area (Å²) in [6.07, 6.45) is 0. The fraction of sp³-hybridized carbons (Fsp3) is 1.00. The van der Waals surface area contributed by atoms with Crippen LogP contribution < -0.4 is 0 Å². The van der Waals surface area contributed by atoms with Gasteiger partial charge < -0.3 is 0 Å². The fourth-order valence-corrected chi connectivity index (χ4v) is 0. The molecule has 0 amide bonds. The zero-order valence-corrected chi connectivity index (χ0v) is 7.20. The molecule has 0 aromatic carbocycles. The van der Waals surface area contributed by atoms with Crippen LogP contribution in [0, 0.1) is 0 Å². The van der Waals surface area contributed by atoms with Crippen LogP contribution in [-0.2, 0) is 0 Å². The van der Waals surface area contributed by atoms with Gasteiger partial charge in [0, 0.05) is 0 Å². The molecule has 0 aromatic heterocycles. The van der Waals surface area contributed by atoms with Crippen molar-refractivity contribution in [3.05, 3.63) is 0 Å². The first-order chi connectivity index (χ1) is 2.27. The molecule has 0 heterocycles. The Balaban J connectivity index is 2.54. The second-order valence-corrected chi connectivity index (χ2v) is 3.48. The van der Waals surface area contributed by atoms with E-state index in [0.717, 1.165) is 0 Å². The Bertz CT molecular complexity index is 23.6. The molecular weight excluding hydrogens is 111 g/mol. The number of hydrogen-bond donors (Lipinski definition) is 2. The van der Waals surface area contributed by atoms with E-state index in [0.29, 0.717) is 54.7 Å². The standard InChI is InChI=1S/C2H5OS.K/c3-1-2-4;/h1,3-4H,2H2;. The summed E-state index contributed by atoms with van der Waals surface area (Å²) in [5.74, 6) is 0.639. The molecule has 0 saturated heterocycles. The van der Waals surface area contributed by atoms with Crippen LogP contribution in [0.2, 0.25) is 0 Å². The van der Waals surface area contributed by atoms with Gasteiger partial charge in [-0.05, 0) is 0 Å². The molecule has 0 saturated carbocycles. The molecule has 1 N–H and O–H groups in total. The average molecular weight is 116 g/mol. The molecular formula is C2H5KOS. The van der Waals surface area contributed by atoms with Gasteiger partial charge in [-0.25, -0.2) is 0 Å². The predicted octanol–water partition coefficient (Wildman–Crippen LogP) is -0.597. The predicted molar refractivity (Wildman–Crippen MR) is 25.6 cm³/mol. The van der Waals surface area contributed by atoms with Crippen LogP contribution >= 0.6 is 12.6 Å². The summed E-state index contributed by atoms with van der Waals surface area (Å²) in [4.78, 5) is 0. The molecule has 0 bridgehead atoms. The molecule has 0 aliphatic rings. The summed E-state index contributed by atoms with van der Waals surface area (Å²) in [5, 5.41) is 8.37. The molecule has 0 rings (SSSR count). The van der Waals surface area contributed by atoms with Crippen LogP contribution in [0.1, 0.15) is 0 Å². The van der Waals surface area contributed by atoms with Gasteiger partial charge in [0.25, 0.3) is 0 Å². The molecule has 26 valence electrons. The van der Waals surface area contributed by atoms with E-state index in [4.69, 9.17) is 5.11 Å². The van der Waals surface area contributed by atoms with Gasteiger partial charge in [-0.15, -0.1) is 0 Å². The zero-order valence-electron chi connectivity index (χ0n) is 3.18. The first-order valence-electron chi connectivity index (χ1n) is 1.56. The fourth-order valence-electron chi connectivity index (χ4n) is 0. The van der Waals surface area contributed by atoms with Gasteiger partial charge in [0.15, 0.2) is 0 Å². The molecule has 0 fully saturated rings. The van der Waals surface area contributed by atoms with Crippen molar-refractivity contribution >= 4 is 61.6 Å². The summed E-state index contributed by atoms with van der Waals surface area (Å²) in [6, 6.07) is 0. The first kappa shape index (κ1) is 6.95. The Morgan fingerprint density at radius 2 is 2.20 bits per heavy atom. The van der Waals surface area contributed by atoms with Gasteiger partial charge in [-0.2, -0.15) is 0 Å². The molecule has 5 heavy (non-hydrogen) atoms. The van der Waals surface area contributed by atoms with Gasteiger partial charge in [0.05, 0.1) is 0 Å². The minimum absolute atomic E-state index is 0.0640. The second-order valence-electron chi connectivity index (χ2n) is 1.03. The molecule has 1 unspecified atom stereocenters. The van der Waals surface area contributed by atoms with Crippen LogP contribution in [0.25, 0.3) is 0 Å². The van der Waals surface area contributed by atoms with Gasteiger partial charge >= 0.3 is 72.6 Å². The van der Waals surface area contributed by atoms with Crippen molar-refractivity contribution in [3.8, 4) is 0 Å². The minimum atomic E-state index is -0.0640. The van der Waals surface area contributed by atoms with Gasteiger partial charge in [0.1, 0.15) is 0 Å². The van der Waals surface area contributed by atoms with Gasteiger partial charge in [0.2, 0.25) is 0 Å². The number of rotatable bonds is 1. The third-order valence-corrected chi connectivity index (χ3v) is 2.50. The summed E-state index contributed by atoms with van der Waals surface area (Å²) in [7, 11) is 0. The van der Waals surface area contributed by atoms with Crippen molar-refractivity contribution in [1.29, 1.82) is 0 Å². The molecule has 1 atom stereocenters. The van der Waals surface area contributed by atoms with E-state index in [1.165, 1.54) is 0 Å². The van der Waals surface area contributed by atoms with E-state index >= 15 is 0 Å². The van der Waals surface area contributed by atoms with Gasteiger partial charge in [-0.1, -0.05) is 0 Å². The number of hydrogen-bond acceptors (Lipinski definition) is 2. The molecule has 0 spiro atoms. The summed E-state index contributed by atoms with van der Waals surface area (Å²) in [6.45, 7) is 0. The number of aliphatic hydroxyl groups is 1. The normalized spacial score (nSPS) is 15.2. The van der Waals surface area contributed by atoms with Crippen molar-refractivity contribution in [2.24, 2.45) is 0 Å². The SMILES string of the molecule is O[CH]([K])CS. The van der Waals surface area contributed by atoms with Crippen LogP contribution in [-0.4, -0.2) is 60.0 Å². The molecule has 0 radical (unpaired) electrons.